The van der Waals surface area contributed by atoms with E-state index in [-0.39, 0.29) is 6.04 Å². The molecule has 0 fully saturated rings. The van der Waals surface area contributed by atoms with E-state index >= 15 is 0 Å². The first-order valence-electron chi connectivity index (χ1n) is 12.4. The molecule has 0 saturated carbocycles. The highest BCUT2D eigenvalue weighted by Gasteiger charge is 2.32. The van der Waals surface area contributed by atoms with Crippen LogP contribution in [-0.2, 0) is 4.74 Å². The predicted octanol–water partition coefficient (Wildman–Crippen LogP) is 6.12. The Labute approximate surface area is 212 Å². The van der Waals surface area contributed by atoms with Crippen molar-refractivity contribution in [1.82, 2.24) is 14.1 Å². The molecule has 3 aromatic carbocycles. The summed E-state index contributed by atoms with van der Waals surface area (Å²) in [5.41, 5.74) is 7.05. The average molecular weight is 480 g/mol. The van der Waals surface area contributed by atoms with Gasteiger partial charge in [-0.2, -0.15) is 0 Å². The maximum absolute atomic E-state index is 5.72. The molecular weight excluding hydrogens is 458 g/mol. The minimum absolute atomic E-state index is 0.117. The summed E-state index contributed by atoms with van der Waals surface area (Å²) < 4.78 is 10.2. The molecule has 8 rings (SSSR count). The third kappa shape index (κ3) is 2.96. The largest absolute Gasteiger partial charge is 0.498 e. The zero-order chi connectivity index (χ0) is 24.3. The van der Waals surface area contributed by atoms with Crippen LogP contribution in [-0.4, -0.2) is 38.4 Å². The molecule has 2 aliphatic rings. The van der Waals surface area contributed by atoms with Gasteiger partial charge >= 0.3 is 0 Å². The molecule has 1 atom stereocenters. The Kier molecular flexibility index (Phi) is 4.25. The van der Waals surface area contributed by atoms with Crippen LogP contribution in [0.4, 0.5) is 0 Å². The molecule has 0 N–H and O–H groups in total. The lowest BCUT2D eigenvalue weighted by Crippen LogP contribution is -2.27. The average Bonchev–Trinajstić information content (AvgIpc) is 3.69. The van der Waals surface area contributed by atoms with Crippen molar-refractivity contribution in [3.05, 3.63) is 121 Å². The number of aromatic nitrogens is 3. The first kappa shape index (κ1) is 20.2. The lowest BCUT2D eigenvalue weighted by molar-refractivity contribution is 0.270. The highest BCUT2D eigenvalue weighted by atomic mass is 16.5. The summed E-state index contributed by atoms with van der Waals surface area (Å²) in [6, 6.07) is 31.3. The van der Waals surface area contributed by atoms with Gasteiger partial charge in [-0.05, 0) is 42.5 Å². The number of fused-ring (bicyclic) bond motifs is 6. The van der Waals surface area contributed by atoms with Gasteiger partial charge in [0.2, 0.25) is 5.96 Å². The SMILES string of the molecule is C1=C2C(c3ccccn3)=NC(n3c4ccccc4c4ccc5c(ccn5-c5ccccc5)c43)=NC2CO1. The number of nitrogens with zero attached hydrogens (tertiary/aromatic N) is 5. The number of ether oxygens (including phenoxy) is 1. The Hall–Kier alpha value is -4.97. The molecule has 6 nitrogen and oxygen atoms in total. The first-order chi connectivity index (χ1) is 18.4. The van der Waals surface area contributed by atoms with Crippen LogP contribution in [0.15, 0.2) is 125 Å². The Balaban J connectivity index is 1.44. The molecule has 6 aromatic rings. The van der Waals surface area contributed by atoms with Crippen LogP contribution < -0.4 is 0 Å². The van der Waals surface area contributed by atoms with Crippen LogP contribution in [0, 0.1) is 0 Å². The van der Waals surface area contributed by atoms with E-state index in [0.29, 0.717) is 12.6 Å². The summed E-state index contributed by atoms with van der Waals surface area (Å²) in [6.07, 6.45) is 5.71. The number of benzene rings is 3. The van der Waals surface area contributed by atoms with Gasteiger partial charge in [0.1, 0.15) is 18.4 Å². The molecule has 0 radical (unpaired) electrons. The number of para-hydroxylation sites is 2. The fourth-order valence-electron chi connectivity index (χ4n) is 5.56. The van der Waals surface area contributed by atoms with Gasteiger partial charge in [-0.1, -0.05) is 48.5 Å². The van der Waals surface area contributed by atoms with Crippen molar-refractivity contribution in [2.45, 2.75) is 6.04 Å². The van der Waals surface area contributed by atoms with Crippen LogP contribution in [0.5, 0.6) is 0 Å². The predicted molar refractivity (Wildman–Crippen MR) is 148 cm³/mol. The van der Waals surface area contributed by atoms with E-state index in [0.717, 1.165) is 44.6 Å². The third-order valence-electron chi connectivity index (χ3n) is 7.22. The second-order valence-electron chi connectivity index (χ2n) is 9.30. The van der Waals surface area contributed by atoms with Crippen molar-refractivity contribution < 1.29 is 4.74 Å². The van der Waals surface area contributed by atoms with Crippen molar-refractivity contribution in [1.29, 1.82) is 0 Å². The van der Waals surface area contributed by atoms with Crippen molar-refractivity contribution in [2.75, 3.05) is 6.61 Å². The van der Waals surface area contributed by atoms with E-state index in [1.165, 1.54) is 10.8 Å². The highest BCUT2D eigenvalue weighted by Crippen LogP contribution is 2.37. The molecule has 37 heavy (non-hydrogen) atoms. The summed E-state index contributed by atoms with van der Waals surface area (Å²) in [6.45, 7) is 0.502. The number of pyridine rings is 1. The fraction of sp³-hybridized carbons (Fsp3) is 0.0645. The standard InChI is InChI=1S/C31H21N5O/c1-2-8-20(9-3-1)35-17-15-23-27(35)14-13-22-21-10-4-5-12-28(21)36(30(22)23)31-33-26-19-37-18-24(26)29(34-31)25-11-6-7-16-32-25/h1-18,26H,19H2. The molecular formula is C31H21N5O. The first-order valence-corrected chi connectivity index (χ1v) is 12.4. The number of rotatable bonds is 2. The molecule has 5 heterocycles. The van der Waals surface area contributed by atoms with Gasteiger partial charge < -0.3 is 9.30 Å². The third-order valence-corrected chi connectivity index (χ3v) is 7.22. The molecule has 0 aliphatic carbocycles. The molecule has 2 aliphatic heterocycles. The van der Waals surface area contributed by atoms with Crippen LogP contribution in [0.3, 0.4) is 0 Å². The minimum atomic E-state index is -0.117. The van der Waals surface area contributed by atoms with E-state index in [1.54, 1.807) is 12.5 Å². The summed E-state index contributed by atoms with van der Waals surface area (Å²) in [5.74, 6) is 0.652. The molecule has 6 heteroatoms. The van der Waals surface area contributed by atoms with Crippen LogP contribution >= 0.6 is 0 Å². The minimum Gasteiger partial charge on any atom is -0.498 e. The molecule has 0 amide bonds. The van der Waals surface area contributed by atoms with Gasteiger partial charge in [0.05, 0.1) is 28.5 Å². The topological polar surface area (TPSA) is 56.7 Å². The van der Waals surface area contributed by atoms with Crippen molar-refractivity contribution in [2.24, 2.45) is 9.98 Å². The number of aliphatic imine (C=N–C) groups is 2. The lowest BCUT2D eigenvalue weighted by Gasteiger charge is -2.19. The number of hydrogen-bond acceptors (Lipinski definition) is 4. The fourth-order valence-corrected chi connectivity index (χ4v) is 5.56. The zero-order valence-corrected chi connectivity index (χ0v) is 19.8. The zero-order valence-electron chi connectivity index (χ0n) is 19.8. The van der Waals surface area contributed by atoms with Gasteiger partial charge in [0.15, 0.2) is 0 Å². The summed E-state index contributed by atoms with van der Waals surface area (Å²) in [4.78, 5) is 14.8. The smallest absolute Gasteiger partial charge is 0.231 e. The van der Waals surface area contributed by atoms with Crippen molar-refractivity contribution in [3.63, 3.8) is 0 Å². The molecule has 0 saturated heterocycles. The van der Waals surface area contributed by atoms with Gasteiger partial charge in [0, 0.05) is 39.8 Å². The summed E-state index contributed by atoms with van der Waals surface area (Å²) in [7, 11) is 0. The quantitative estimate of drug-likeness (QED) is 0.300. The maximum atomic E-state index is 5.72. The van der Waals surface area contributed by atoms with Gasteiger partial charge in [-0.3, -0.25) is 9.55 Å². The maximum Gasteiger partial charge on any atom is 0.231 e. The van der Waals surface area contributed by atoms with Crippen LogP contribution in [0.1, 0.15) is 5.69 Å². The monoisotopic (exact) mass is 479 g/mol. The molecule has 0 spiro atoms. The van der Waals surface area contributed by atoms with Crippen LogP contribution in [0.2, 0.25) is 0 Å². The van der Waals surface area contributed by atoms with Gasteiger partial charge in [-0.25, -0.2) is 9.98 Å². The second kappa shape index (κ2) is 7.77. The van der Waals surface area contributed by atoms with Crippen LogP contribution in [0.25, 0.3) is 38.4 Å². The van der Waals surface area contributed by atoms with E-state index in [2.05, 4.69) is 87.0 Å². The molecule has 1 unspecified atom stereocenters. The van der Waals surface area contributed by atoms with Crippen molar-refractivity contribution >= 4 is 44.4 Å². The molecule has 176 valence electrons. The van der Waals surface area contributed by atoms with E-state index in [9.17, 15) is 0 Å². The van der Waals surface area contributed by atoms with E-state index in [1.807, 2.05) is 24.3 Å². The lowest BCUT2D eigenvalue weighted by atomic mass is 10.0. The Morgan fingerprint density at radius 3 is 2.51 bits per heavy atom. The van der Waals surface area contributed by atoms with E-state index < -0.39 is 0 Å². The Morgan fingerprint density at radius 2 is 1.62 bits per heavy atom. The summed E-state index contributed by atoms with van der Waals surface area (Å²) in [5, 5.41) is 3.50. The Morgan fingerprint density at radius 1 is 0.757 bits per heavy atom. The van der Waals surface area contributed by atoms with Gasteiger partial charge in [-0.15, -0.1) is 0 Å². The van der Waals surface area contributed by atoms with E-state index in [4.69, 9.17) is 14.7 Å². The molecule has 3 aromatic heterocycles. The highest BCUT2D eigenvalue weighted by molar-refractivity contribution is 6.25. The van der Waals surface area contributed by atoms with Gasteiger partial charge in [0.25, 0.3) is 0 Å². The normalized spacial score (nSPS) is 17.0. The second-order valence-corrected chi connectivity index (χ2v) is 9.30. The Bertz CT molecular complexity index is 1930. The molecule has 0 bridgehead atoms. The number of hydrogen-bond donors (Lipinski definition) is 0. The van der Waals surface area contributed by atoms with Crippen molar-refractivity contribution in [3.8, 4) is 5.69 Å². The summed E-state index contributed by atoms with van der Waals surface area (Å²) >= 11 is 0.